The van der Waals surface area contributed by atoms with Gasteiger partial charge in [0.25, 0.3) is 5.91 Å². The number of carbonyl (C=O) groups is 3. The van der Waals surface area contributed by atoms with Crippen LogP contribution in [0.2, 0.25) is 0 Å². The number of oxime groups is 1. The predicted octanol–water partition coefficient (Wildman–Crippen LogP) is 1.51. The molecule has 2 aromatic rings. The Morgan fingerprint density at radius 2 is 2.06 bits per heavy atom. The lowest BCUT2D eigenvalue weighted by atomic mass is 10.1. The van der Waals surface area contributed by atoms with Gasteiger partial charge in [0.15, 0.2) is 23.1 Å². The summed E-state index contributed by atoms with van der Waals surface area (Å²) < 4.78 is 27.4. The molecular weight excluding hydrogens is 430 g/mol. The third kappa shape index (κ3) is 5.73. The lowest BCUT2D eigenvalue weighted by Gasteiger charge is -2.16. The van der Waals surface area contributed by atoms with E-state index in [2.05, 4.69) is 26.0 Å². The first-order valence-corrected chi connectivity index (χ1v) is 10.0. The number of amides is 2. The zero-order chi connectivity index (χ0) is 26.5. The standard InChI is InChI=1S/C21H25N7O5/c1-4-16(29)33-28-19(22)12-6-5-7-13(18(12)32-3)24-14-10-15(25-20(30)11-8-9-11)26-27-17(14)21(31)23-2/h5-7,10-11H,4,8-9H2,1-3H3,(H2,22,28)(H,23,31)(H2,24,25,26,30)/i2D3. The molecule has 0 bridgehead atoms. The zero-order valence-corrected chi connectivity index (χ0v) is 18.0. The summed E-state index contributed by atoms with van der Waals surface area (Å²) in [5.74, 6) is -1.87. The molecule has 1 aliphatic rings. The van der Waals surface area contributed by atoms with Gasteiger partial charge in [0, 0.05) is 29.5 Å². The molecule has 0 aliphatic heterocycles. The Morgan fingerprint density at radius 3 is 2.73 bits per heavy atom. The number of ether oxygens (including phenoxy) is 1. The number of methoxy groups -OCH3 is 1. The van der Waals surface area contributed by atoms with Crippen molar-refractivity contribution in [2.45, 2.75) is 26.2 Å². The van der Waals surface area contributed by atoms with Crippen LogP contribution in [-0.4, -0.2) is 47.9 Å². The van der Waals surface area contributed by atoms with E-state index in [1.807, 2.05) is 5.32 Å². The second-order valence-corrected chi connectivity index (χ2v) is 7.01. The summed E-state index contributed by atoms with van der Waals surface area (Å²) in [5, 5.41) is 18.7. The Morgan fingerprint density at radius 1 is 1.27 bits per heavy atom. The number of hydrogen-bond donors (Lipinski definition) is 4. The van der Waals surface area contributed by atoms with Crippen molar-refractivity contribution in [3.63, 3.8) is 0 Å². The number of para-hydroxylation sites is 1. The van der Waals surface area contributed by atoms with Crippen molar-refractivity contribution in [2.75, 3.05) is 24.7 Å². The van der Waals surface area contributed by atoms with Gasteiger partial charge in [0.1, 0.15) is 0 Å². The zero-order valence-electron chi connectivity index (χ0n) is 21.0. The highest BCUT2D eigenvalue weighted by Crippen LogP contribution is 2.33. The minimum atomic E-state index is -2.77. The van der Waals surface area contributed by atoms with Crippen LogP contribution < -0.4 is 26.4 Å². The van der Waals surface area contributed by atoms with Crippen molar-refractivity contribution in [3.8, 4) is 5.75 Å². The van der Waals surface area contributed by atoms with Crippen molar-refractivity contribution in [2.24, 2.45) is 16.8 Å². The molecule has 1 saturated carbocycles. The summed E-state index contributed by atoms with van der Waals surface area (Å²) in [6.07, 6.45) is 1.64. The second-order valence-electron chi connectivity index (χ2n) is 7.01. The highest BCUT2D eigenvalue weighted by Gasteiger charge is 2.30. The van der Waals surface area contributed by atoms with E-state index in [0.29, 0.717) is 0 Å². The summed E-state index contributed by atoms with van der Waals surface area (Å²) in [6.45, 7) is -1.17. The third-order valence-electron chi connectivity index (χ3n) is 4.62. The maximum atomic E-state index is 12.6. The third-order valence-corrected chi connectivity index (χ3v) is 4.62. The molecular formula is C21H25N7O5. The molecule has 0 saturated heterocycles. The topological polar surface area (TPSA) is 170 Å². The van der Waals surface area contributed by atoms with E-state index in [9.17, 15) is 14.4 Å². The second kappa shape index (κ2) is 10.4. The molecule has 0 spiro atoms. The smallest absolute Gasteiger partial charge is 0.334 e. The number of hydrogen-bond acceptors (Lipinski definition) is 9. The molecule has 0 atom stereocenters. The number of nitrogens with two attached hydrogens (primary N) is 1. The van der Waals surface area contributed by atoms with Crippen LogP contribution in [0.25, 0.3) is 0 Å². The average Bonchev–Trinajstić information content (AvgIpc) is 3.67. The van der Waals surface area contributed by atoms with Gasteiger partial charge < -0.3 is 31.3 Å². The summed E-state index contributed by atoms with van der Waals surface area (Å²) in [7, 11) is 1.36. The van der Waals surface area contributed by atoms with Gasteiger partial charge >= 0.3 is 5.97 Å². The maximum absolute atomic E-state index is 12.6. The molecule has 0 unspecified atom stereocenters. The average molecular weight is 458 g/mol. The highest BCUT2D eigenvalue weighted by molar-refractivity contribution is 6.03. The lowest BCUT2D eigenvalue weighted by molar-refractivity contribution is -0.143. The number of rotatable bonds is 9. The van der Waals surface area contributed by atoms with Crippen LogP contribution in [0.5, 0.6) is 5.75 Å². The SMILES string of the molecule is [2H]C([2H])([2H])NC(=O)c1nnc(NC(=O)C2CC2)cc1Nc1cccc(/C(N)=N/OC(=O)CC)c1OC. The van der Waals surface area contributed by atoms with Gasteiger partial charge in [-0.15, -0.1) is 10.2 Å². The first kappa shape index (κ1) is 19.5. The van der Waals surface area contributed by atoms with Crippen LogP contribution in [0, 0.1) is 5.92 Å². The van der Waals surface area contributed by atoms with Crippen LogP contribution in [0.4, 0.5) is 17.2 Å². The van der Waals surface area contributed by atoms with Crippen LogP contribution in [0.1, 0.15) is 46.4 Å². The maximum Gasteiger partial charge on any atom is 0.334 e. The van der Waals surface area contributed by atoms with Crippen molar-refractivity contribution < 1.29 is 28.1 Å². The van der Waals surface area contributed by atoms with Gasteiger partial charge in [-0.25, -0.2) is 4.79 Å². The number of carbonyl (C=O) groups excluding carboxylic acids is 3. The molecule has 1 aliphatic carbocycles. The highest BCUT2D eigenvalue weighted by atomic mass is 16.7. The molecule has 2 amide bonds. The Labute approximate surface area is 194 Å². The number of nitrogens with zero attached hydrogens (tertiary/aromatic N) is 3. The molecule has 12 heteroatoms. The molecule has 1 aromatic carbocycles. The quantitative estimate of drug-likeness (QED) is 0.188. The summed E-state index contributed by atoms with van der Waals surface area (Å²) in [4.78, 5) is 40.9. The van der Waals surface area contributed by atoms with Gasteiger partial charge in [-0.2, -0.15) is 0 Å². The summed E-state index contributed by atoms with van der Waals surface area (Å²) in [6, 6.07) is 6.09. The normalized spacial score (nSPS) is 14.8. The number of anilines is 3. The van der Waals surface area contributed by atoms with E-state index in [0.717, 1.165) is 12.8 Å². The van der Waals surface area contributed by atoms with Crippen molar-refractivity contribution in [1.29, 1.82) is 0 Å². The Bertz CT molecular complexity index is 1200. The van der Waals surface area contributed by atoms with E-state index in [-0.39, 0.29) is 58.3 Å². The van der Waals surface area contributed by atoms with E-state index in [4.69, 9.17) is 19.4 Å². The lowest BCUT2D eigenvalue weighted by Crippen LogP contribution is -2.22. The van der Waals surface area contributed by atoms with Crippen LogP contribution in [-0.2, 0) is 14.4 Å². The van der Waals surface area contributed by atoms with Crippen LogP contribution in [0.3, 0.4) is 0 Å². The first-order valence-electron chi connectivity index (χ1n) is 11.5. The molecule has 3 rings (SSSR count). The number of amidine groups is 1. The summed E-state index contributed by atoms with van der Waals surface area (Å²) in [5.41, 5.74) is 6.20. The van der Waals surface area contributed by atoms with Crippen LogP contribution in [0.15, 0.2) is 29.4 Å². The van der Waals surface area contributed by atoms with Gasteiger partial charge in [-0.3, -0.25) is 9.59 Å². The Hall–Kier alpha value is -4.22. The molecule has 1 heterocycles. The molecule has 12 nitrogen and oxygen atoms in total. The molecule has 33 heavy (non-hydrogen) atoms. The molecule has 5 N–H and O–H groups in total. The fourth-order valence-corrected chi connectivity index (χ4v) is 2.76. The van der Waals surface area contributed by atoms with Gasteiger partial charge in [-0.05, 0) is 25.0 Å². The Kier molecular flexibility index (Phi) is 6.13. The van der Waals surface area contributed by atoms with Gasteiger partial charge in [-0.1, -0.05) is 18.1 Å². The van der Waals surface area contributed by atoms with Crippen molar-refractivity contribution in [1.82, 2.24) is 15.5 Å². The van der Waals surface area contributed by atoms with Crippen LogP contribution >= 0.6 is 0 Å². The van der Waals surface area contributed by atoms with Crippen molar-refractivity contribution in [3.05, 3.63) is 35.5 Å². The number of benzene rings is 1. The largest absolute Gasteiger partial charge is 0.494 e. The first-order chi connectivity index (χ1) is 17.0. The minimum Gasteiger partial charge on any atom is -0.494 e. The predicted molar refractivity (Wildman–Crippen MR) is 120 cm³/mol. The van der Waals surface area contributed by atoms with E-state index < -0.39 is 18.9 Å². The number of nitrogens with one attached hydrogen (secondary N) is 3. The number of aromatic nitrogens is 2. The fourth-order valence-electron chi connectivity index (χ4n) is 2.76. The van der Waals surface area contributed by atoms with Crippen molar-refractivity contribution >= 4 is 40.8 Å². The molecule has 0 radical (unpaired) electrons. The fraction of sp³-hybridized carbons (Fsp3) is 0.333. The monoisotopic (exact) mass is 458 g/mol. The molecule has 1 aromatic heterocycles. The van der Waals surface area contributed by atoms with E-state index >= 15 is 0 Å². The summed E-state index contributed by atoms with van der Waals surface area (Å²) >= 11 is 0. The van der Waals surface area contributed by atoms with Gasteiger partial charge in [0.2, 0.25) is 5.91 Å². The van der Waals surface area contributed by atoms with E-state index in [1.54, 1.807) is 25.1 Å². The van der Waals surface area contributed by atoms with E-state index in [1.165, 1.54) is 13.2 Å². The minimum absolute atomic E-state index is 0.0289. The molecule has 1 fully saturated rings. The van der Waals surface area contributed by atoms with Gasteiger partial charge in [0.05, 0.1) is 24.0 Å². The Balaban J connectivity index is 1.99. The molecule has 174 valence electrons.